The van der Waals surface area contributed by atoms with Crippen molar-refractivity contribution < 1.29 is 26.8 Å². The van der Waals surface area contributed by atoms with Gasteiger partial charge in [0.25, 0.3) is 0 Å². The summed E-state index contributed by atoms with van der Waals surface area (Å²) in [5.74, 6) is 0. The van der Waals surface area contributed by atoms with Crippen molar-refractivity contribution in [1.29, 1.82) is 0 Å². The molecule has 1 aromatic heterocycles. The minimum atomic E-state index is -4.65. The number of alkyl halides is 3. The second-order valence-electron chi connectivity index (χ2n) is 9.36. The van der Waals surface area contributed by atoms with Gasteiger partial charge in [0.15, 0.2) is 0 Å². The van der Waals surface area contributed by atoms with Crippen molar-refractivity contribution in [3.63, 3.8) is 0 Å². The molecule has 2 heterocycles. The van der Waals surface area contributed by atoms with Gasteiger partial charge in [0.2, 0.25) is 10.0 Å². The maximum atomic E-state index is 14.3. The van der Waals surface area contributed by atoms with Crippen LogP contribution in [0, 0.1) is 6.92 Å². The fourth-order valence-corrected chi connectivity index (χ4v) is 6.03. The summed E-state index contributed by atoms with van der Waals surface area (Å²) in [7, 11) is -3.28. The van der Waals surface area contributed by atoms with E-state index in [2.05, 4.69) is 10.1 Å². The minimum absolute atomic E-state index is 0.0642. The van der Waals surface area contributed by atoms with Gasteiger partial charge in [-0.05, 0) is 60.9 Å². The van der Waals surface area contributed by atoms with E-state index in [0.29, 0.717) is 43.0 Å². The highest BCUT2D eigenvalue weighted by Crippen LogP contribution is 2.46. The summed E-state index contributed by atoms with van der Waals surface area (Å²) in [5, 5.41) is 13.4. The Morgan fingerprint density at radius 3 is 2.08 bits per heavy atom. The smallest absolute Gasteiger partial charge is 0.411 e. The van der Waals surface area contributed by atoms with Crippen molar-refractivity contribution in [2.75, 3.05) is 37.3 Å². The fraction of sp³-hybridized carbons (Fsp3) is 0.333. The predicted molar refractivity (Wildman–Crippen MR) is 140 cm³/mol. The topological polar surface area (TPSA) is 86.1 Å². The number of nitrogens with zero attached hydrogens (tertiary/aromatic N) is 4. The van der Waals surface area contributed by atoms with Gasteiger partial charge in [-0.15, -0.1) is 0 Å². The van der Waals surface area contributed by atoms with E-state index in [4.69, 9.17) is 0 Å². The van der Waals surface area contributed by atoms with E-state index in [1.807, 2.05) is 4.90 Å². The molecule has 0 radical (unpaired) electrons. The van der Waals surface area contributed by atoms with Crippen molar-refractivity contribution in [3.05, 3.63) is 94.8 Å². The average molecular weight is 547 g/mol. The number of oxime groups is 1. The molecule has 202 valence electrons. The first-order valence-electron chi connectivity index (χ1n) is 12.0. The maximum Gasteiger partial charge on any atom is 0.416 e. The quantitative estimate of drug-likeness (QED) is 0.276. The van der Waals surface area contributed by atoms with E-state index in [9.17, 15) is 26.8 Å². The number of hydrogen-bond donors (Lipinski definition) is 1. The Balaban J connectivity index is 1.89. The summed E-state index contributed by atoms with van der Waals surface area (Å²) in [5.41, 5.74) is -0.0371. The molecule has 1 fully saturated rings. The van der Waals surface area contributed by atoms with E-state index in [0.717, 1.165) is 11.8 Å². The van der Waals surface area contributed by atoms with E-state index < -0.39 is 27.2 Å². The Kier molecular flexibility index (Phi) is 7.53. The number of aromatic nitrogens is 1. The largest absolute Gasteiger partial charge is 0.416 e. The van der Waals surface area contributed by atoms with Crippen LogP contribution >= 0.6 is 0 Å². The van der Waals surface area contributed by atoms with Crippen LogP contribution in [0.3, 0.4) is 0 Å². The second kappa shape index (κ2) is 10.4. The molecule has 0 bridgehead atoms. The van der Waals surface area contributed by atoms with Crippen LogP contribution in [0.25, 0.3) is 0 Å². The first-order valence-corrected chi connectivity index (χ1v) is 13.8. The Hall–Kier alpha value is -3.44. The van der Waals surface area contributed by atoms with Crippen molar-refractivity contribution in [2.45, 2.75) is 25.4 Å². The third-order valence-electron chi connectivity index (χ3n) is 7.03. The number of halogens is 3. The third kappa shape index (κ3) is 5.12. The molecule has 1 aliphatic rings. The van der Waals surface area contributed by atoms with Crippen LogP contribution in [0.15, 0.2) is 72.0 Å². The predicted octanol–water partition coefficient (Wildman–Crippen LogP) is 4.67. The first kappa shape index (κ1) is 27.6. The molecular formula is C27H29F3N4O3S. The van der Waals surface area contributed by atoms with Crippen molar-refractivity contribution in [3.8, 4) is 0 Å². The van der Waals surface area contributed by atoms with Crippen LogP contribution < -0.4 is 4.90 Å². The lowest BCUT2D eigenvalue weighted by atomic mass is 9.65. The van der Waals surface area contributed by atoms with Gasteiger partial charge in [-0.25, -0.2) is 8.42 Å². The number of anilines is 1. The van der Waals surface area contributed by atoms with Gasteiger partial charge in [0, 0.05) is 43.8 Å². The molecule has 0 amide bonds. The molecule has 0 spiro atoms. The summed E-state index contributed by atoms with van der Waals surface area (Å²) in [6, 6.07) is 15.7. The van der Waals surface area contributed by atoms with Gasteiger partial charge in [-0.3, -0.25) is 4.98 Å². The highest BCUT2D eigenvalue weighted by molar-refractivity contribution is 7.88. The Labute approximate surface area is 220 Å². The molecule has 2 aromatic carbocycles. The summed E-state index contributed by atoms with van der Waals surface area (Å²) >= 11 is 0. The lowest BCUT2D eigenvalue weighted by Gasteiger charge is -2.38. The SMILES string of the molecule is CC(=NO)C(c1ccc(N2CCN(S(C)(=O)=O)CC2)cc1)(c1ccnc(C)c1)c1ccccc1C(F)(F)F. The molecule has 7 nitrogen and oxygen atoms in total. The molecule has 1 unspecified atom stereocenters. The van der Waals surface area contributed by atoms with Crippen LogP contribution in [0.2, 0.25) is 0 Å². The summed E-state index contributed by atoms with van der Waals surface area (Å²) in [6.07, 6.45) is -1.95. The number of hydrogen-bond acceptors (Lipinski definition) is 6. The van der Waals surface area contributed by atoms with Crippen LogP contribution in [0.5, 0.6) is 0 Å². The zero-order chi connectivity index (χ0) is 27.7. The Bertz CT molecular complexity index is 1430. The standard InChI is InChI=1S/C27H29F3N4O3S/c1-19-18-22(12-13-31-19)26(20(2)32-35,24-6-4-5-7-25(24)27(28,29)30)21-8-10-23(11-9-21)33-14-16-34(17-15-33)38(3,36)37/h4-13,18,35H,14-17H2,1-3H3. The van der Waals surface area contributed by atoms with Crippen LogP contribution in [-0.4, -0.2) is 61.1 Å². The van der Waals surface area contributed by atoms with Crippen LogP contribution in [0.4, 0.5) is 18.9 Å². The number of benzene rings is 2. The number of aryl methyl sites for hydroxylation is 1. The fourth-order valence-electron chi connectivity index (χ4n) is 5.20. The first-order chi connectivity index (χ1) is 17.9. The number of piperazine rings is 1. The molecule has 1 N–H and O–H groups in total. The van der Waals surface area contributed by atoms with Crippen LogP contribution in [-0.2, 0) is 21.6 Å². The van der Waals surface area contributed by atoms with E-state index in [1.54, 1.807) is 43.3 Å². The van der Waals surface area contributed by atoms with Gasteiger partial charge in [-0.2, -0.15) is 17.5 Å². The molecule has 3 aromatic rings. The zero-order valence-electron chi connectivity index (χ0n) is 21.3. The average Bonchev–Trinajstić information content (AvgIpc) is 2.89. The molecule has 0 aliphatic carbocycles. The van der Waals surface area contributed by atoms with Gasteiger partial charge in [0.05, 0.1) is 22.9 Å². The van der Waals surface area contributed by atoms with Crippen molar-refractivity contribution >= 4 is 21.4 Å². The highest BCUT2D eigenvalue weighted by atomic mass is 32.2. The van der Waals surface area contributed by atoms with Gasteiger partial charge in [0.1, 0.15) is 0 Å². The summed E-state index contributed by atoms with van der Waals surface area (Å²) in [4.78, 5) is 6.25. The van der Waals surface area contributed by atoms with Crippen molar-refractivity contribution in [2.24, 2.45) is 5.16 Å². The Morgan fingerprint density at radius 2 is 1.55 bits per heavy atom. The molecule has 11 heteroatoms. The molecule has 1 aliphatic heterocycles. The monoisotopic (exact) mass is 546 g/mol. The third-order valence-corrected chi connectivity index (χ3v) is 8.34. The highest BCUT2D eigenvalue weighted by Gasteiger charge is 2.46. The van der Waals surface area contributed by atoms with Gasteiger partial charge >= 0.3 is 6.18 Å². The molecule has 4 rings (SSSR count). The summed E-state index contributed by atoms with van der Waals surface area (Å²) < 4.78 is 68.1. The van der Waals surface area contributed by atoms with E-state index in [-0.39, 0.29) is 11.3 Å². The molecule has 1 atom stereocenters. The normalized spacial score (nSPS) is 17.3. The number of pyridine rings is 1. The van der Waals surface area contributed by atoms with Gasteiger partial charge < -0.3 is 10.1 Å². The molecular weight excluding hydrogens is 517 g/mol. The molecule has 1 saturated heterocycles. The van der Waals surface area contributed by atoms with E-state index in [1.165, 1.54) is 41.9 Å². The maximum absolute atomic E-state index is 14.3. The van der Waals surface area contributed by atoms with Crippen LogP contribution in [0.1, 0.15) is 34.9 Å². The number of sulfonamides is 1. The Morgan fingerprint density at radius 1 is 0.947 bits per heavy atom. The molecule has 38 heavy (non-hydrogen) atoms. The lowest BCUT2D eigenvalue weighted by molar-refractivity contribution is -0.138. The second-order valence-corrected chi connectivity index (χ2v) is 11.3. The van der Waals surface area contributed by atoms with Gasteiger partial charge in [-0.1, -0.05) is 35.5 Å². The summed E-state index contributed by atoms with van der Waals surface area (Å²) in [6.45, 7) is 4.90. The zero-order valence-corrected chi connectivity index (χ0v) is 22.1. The number of rotatable bonds is 6. The molecule has 0 saturated carbocycles. The lowest BCUT2D eigenvalue weighted by Crippen LogP contribution is -2.48. The van der Waals surface area contributed by atoms with E-state index >= 15 is 0 Å². The minimum Gasteiger partial charge on any atom is -0.411 e. The van der Waals surface area contributed by atoms with Crippen molar-refractivity contribution in [1.82, 2.24) is 9.29 Å².